The molecule has 1 aromatic carbocycles. The SMILES string of the molecule is CC(C)OC(=O)C[C@H](OC(=O)C(Br)c1ccccc1)C(=O)OC(C)C. The van der Waals surface area contributed by atoms with Crippen molar-refractivity contribution < 1.29 is 28.6 Å². The van der Waals surface area contributed by atoms with Crippen molar-refractivity contribution in [2.24, 2.45) is 0 Å². The smallest absolute Gasteiger partial charge is 0.348 e. The van der Waals surface area contributed by atoms with Gasteiger partial charge in [0.2, 0.25) is 6.10 Å². The fraction of sp³-hybridized carbons (Fsp3) is 0.500. The molecule has 0 aromatic heterocycles. The van der Waals surface area contributed by atoms with Gasteiger partial charge in [-0.05, 0) is 33.3 Å². The summed E-state index contributed by atoms with van der Waals surface area (Å²) in [7, 11) is 0. The van der Waals surface area contributed by atoms with Crippen LogP contribution < -0.4 is 0 Å². The van der Waals surface area contributed by atoms with Crippen LogP contribution in [0.25, 0.3) is 0 Å². The van der Waals surface area contributed by atoms with Crippen LogP contribution in [0.2, 0.25) is 0 Å². The van der Waals surface area contributed by atoms with Gasteiger partial charge in [-0.15, -0.1) is 0 Å². The second-order valence-corrected chi connectivity index (χ2v) is 6.84. The zero-order valence-electron chi connectivity index (χ0n) is 14.7. The zero-order chi connectivity index (χ0) is 19.0. The third-order valence-electron chi connectivity index (χ3n) is 2.89. The number of carbonyl (C=O) groups excluding carboxylic acids is 3. The van der Waals surface area contributed by atoms with Crippen LogP contribution in [0.1, 0.15) is 44.5 Å². The first kappa shape index (κ1) is 21.2. The van der Waals surface area contributed by atoms with Crippen LogP contribution in [-0.4, -0.2) is 36.2 Å². The molecule has 0 radical (unpaired) electrons. The lowest BCUT2D eigenvalue weighted by Gasteiger charge is -2.20. The Labute approximate surface area is 156 Å². The summed E-state index contributed by atoms with van der Waals surface area (Å²) < 4.78 is 15.3. The van der Waals surface area contributed by atoms with E-state index in [9.17, 15) is 14.4 Å². The van der Waals surface area contributed by atoms with Crippen LogP contribution in [0, 0.1) is 0 Å². The molecule has 2 atom stereocenters. The Bertz CT molecular complexity index is 584. The highest BCUT2D eigenvalue weighted by Gasteiger charge is 2.31. The van der Waals surface area contributed by atoms with Gasteiger partial charge < -0.3 is 14.2 Å². The monoisotopic (exact) mass is 414 g/mol. The van der Waals surface area contributed by atoms with E-state index in [4.69, 9.17) is 14.2 Å². The van der Waals surface area contributed by atoms with Gasteiger partial charge >= 0.3 is 17.9 Å². The Balaban J connectivity index is 2.82. The molecule has 0 saturated heterocycles. The van der Waals surface area contributed by atoms with E-state index in [1.165, 1.54) is 0 Å². The maximum absolute atomic E-state index is 12.3. The molecule has 0 aliphatic rings. The average molecular weight is 415 g/mol. The minimum absolute atomic E-state index is 0.335. The lowest BCUT2D eigenvalue weighted by Crippen LogP contribution is -2.34. The molecule has 1 aromatic rings. The molecule has 0 aliphatic carbocycles. The van der Waals surface area contributed by atoms with E-state index >= 15 is 0 Å². The quantitative estimate of drug-likeness (QED) is 0.368. The highest BCUT2D eigenvalue weighted by molar-refractivity contribution is 9.09. The molecule has 0 spiro atoms. The molecule has 0 saturated carbocycles. The lowest BCUT2D eigenvalue weighted by atomic mass is 10.1. The Kier molecular flexibility index (Phi) is 8.61. The minimum atomic E-state index is -1.36. The van der Waals surface area contributed by atoms with E-state index in [1.807, 2.05) is 6.07 Å². The number of rotatable bonds is 8. The Morgan fingerprint density at radius 3 is 1.96 bits per heavy atom. The number of hydrogen-bond acceptors (Lipinski definition) is 6. The molecule has 0 N–H and O–H groups in total. The van der Waals surface area contributed by atoms with E-state index in [0.717, 1.165) is 0 Å². The van der Waals surface area contributed by atoms with Gasteiger partial charge in [-0.3, -0.25) is 9.59 Å². The van der Waals surface area contributed by atoms with E-state index in [-0.39, 0.29) is 6.10 Å². The van der Waals surface area contributed by atoms with Crippen molar-refractivity contribution in [2.45, 2.75) is 57.3 Å². The van der Waals surface area contributed by atoms with Crippen LogP contribution in [-0.2, 0) is 28.6 Å². The van der Waals surface area contributed by atoms with Gasteiger partial charge in [0.25, 0.3) is 0 Å². The van der Waals surface area contributed by atoms with Gasteiger partial charge in [0.05, 0.1) is 18.6 Å². The molecule has 0 bridgehead atoms. The standard InChI is InChI=1S/C18H23BrO6/c1-11(2)23-15(20)10-14(17(21)24-12(3)4)25-18(22)16(19)13-8-6-5-7-9-13/h5-9,11-12,14,16H,10H2,1-4H3/t14-,16?/m0/s1. The minimum Gasteiger partial charge on any atom is -0.463 e. The number of benzene rings is 1. The maximum atomic E-state index is 12.3. The number of esters is 3. The number of ether oxygens (including phenoxy) is 3. The molecule has 7 heteroatoms. The fourth-order valence-electron chi connectivity index (χ4n) is 1.90. The second-order valence-electron chi connectivity index (χ2n) is 5.93. The van der Waals surface area contributed by atoms with Crippen LogP contribution in [0.5, 0.6) is 0 Å². The summed E-state index contributed by atoms with van der Waals surface area (Å²) in [6, 6.07) is 8.87. The molecule has 1 unspecified atom stereocenters. The first-order valence-corrected chi connectivity index (χ1v) is 8.91. The Hall–Kier alpha value is -1.89. The molecule has 1 rings (SSSR count). The molecule has 25 heavy (non-hydrogen) atoms. The second kappa shape index (κ2) is 10.2. The van der Waals surface area contributed by atoms with Crippen LogP contribution in [0.4, 0.5) is 0 Å². The van der Waals surface area contributed by atoms with E-state index in [2.05, 4.69) is 15.9 Å². The first-order valence-electron chi connectivity index (χ1n) is 8.00. The summed E-state index contributed by atoms with van der Waals surface area (Å²) in [5, 5.41) is 0. The normalized spacial score (nSPS) is 13.2. The average Bonchev–Trinajstić information content (AvgIpc) is 2.52. The van der Waals surface area contributed by atoms with Crippen molar-refractivity contribution in [1.82, 2.24) is 0 Å². The summed E-state index contributed by atoms with van der Waals surface area (Å²) in [5.74, 6) is -2.11. The van der Waals surface area contributed by atoms with Crippen LogP contribution >= 0.6 is 15.9 Å². The molecule has 0 aliphatic heterocycles. The van der Waals surface area contributed by atoms with Crippen molar-refractivity contribution in [3.63, 3.8) is 0 Å². The van der Waals surface area contributed by atoms with Crippen LogP contribution in [0.3, 0.4) is 0 Å². The van der Waals surface area contributed by atoms with Gasteiger partial charge in [0, 0.05) is 0 Å². The lowest BCUT2D eigenvalue weighted by molar-refractivity contribution is -0.174. The van der Waals surface area contributed by atoms with Gasteiger partial charge in [0.1, 0.15) is 4.83 Å². The fourth-order valence-corrected chi connectivity index (χ4v) is 2.31. The van der Waals surface area contributed by atoms with Crippen molar-refractivity contribution in [3.05, 3.63) is 35.9 Å². The highest BCUT2D eigenvalue weighted by Crippen LogP contribution is 2.25. The molecule has 6 nitrogen and oxygen atoms in total. The number of hydrogen-bond donors (Lipinski definition) is 0. The van der Waals surface area contributed by atoms with Gasteiger partial charge in [-0.25, -0.2) is 4.79 Å². The molecule has 0 fully saturated rings. The summed E-state index contributed by atoms with van der Waals surface area (Å²) in [4.78, 5) is 35.5. The third kappa shape index (κ3) is 7.69. The van der Waals surface area contributed by atoms with Gasteiger partial charge in [-0.1, -0.05) is 46.3 Å². The summed E-state index contributed by atoms with van der Waals surface area (Å²) in [5.41, 5.74) is 0.674. The first-order chi connectivity index (χ1) is 11.7. The number of carbonyl (C=O) groups is 3. The van der Waals surface area contributed by atoms with Crippen LogP contribution in [0.15, 0.2) is 30.3 Å². The summed E-state index contributed by atoms with van der Waals surface area (Å²) in [6.45, 7) is 6.71. The van der Waals surface area contributed by atoms with Crippen molar-refractivity contribution in [1.29, 1.82) is 0 Å². The van der Waals surface area contributed by atoms with E-state index < -0.39 is 41.4 Å². The third-order valence-corrected chi connectivity index (χ3v) is 3.79. The van der Waals surface area contributed by atoms with Crippen molar-refractivity contribution in [2.75, 3.05) is 0 Å². The number of halogens is 1. The van der Waals surface area contributed by atoms with Gasteiger partial charge in [0.15, 0.2) is 0 Å². The maximum Gasteiger partial charge on any atom is 0.348 e. The van der Waals surface area contributed by atoms with Crippen molar-refractivity contribution >= 4 is 33.8 Å². The number of alkyl halides is 1. The topological polar surface area (TPSA) is 78.9 Å². The Morgan fingerprint density at radius 1 is 0.880 bits per heavy atom. The zero-order valence-corrected chi connectivity index (χ0v) is 16.3. The molecule has 138 valence electrons. The van der Waals surface area contributed by atoms with E-state index in [1.54, 1.807) is 52.0 Å². The predicted octanol–water partition coefficient (Wildman–Crippen LogP) is 3.33. The van der Waals surface area contributed by atoms with Crippen molar-refractivity contribution in [3.8, 4) is 0 Å². The summed E-state index contributed by atoms with van der Waals surface area (Å²) in [6.07, 6.45) is -2.49. The largest absolute Gasteiger partial charge is 0.463 e. The predicted molar refractivity (Wildman–Crippen MR) is 95.1 cm³/mol. The molecule has 0 amide bonds. The highest BCUT2D eigenvalue weighted by atomic mass is 79.9. The summed E-state index contributed by atoms with van der Waals surface area (Å²) >= 11 is 3.24. The Morgan fingerprint density at radius 2 is 1.44 bits per heavy atom. The molecular weight excluding hydrogens is 392 g/mol. The van der Waals surface area contributed by atoms with Gasteiger partial charge in [-0.2, -0.15) is 0 Å². The molecule has 0 heterocycles. The molecular formula is C18H23BrO6. The van der Waals surface area contributed by atoms with E-state index in [0.29, 0.717) is 5.56 Å².